The van der Waals surface area contributed by atoms with Crippen LogP contribution >= 0.6 is 0 Å². The lowest BCUT2D eigenvalue weighted by atomic mass is 10.3. The zero-order valence-electron chi connectivity index (χ0n) is 8.03. The number of aryl methyl sites for hydroxylation is 1. The Morgan fingerprint density at radius 1 is 1.58 bits per heavy atom. The van der Waals surface area contributed by atoms with E-state index >= 15 is 0 Å². The molecule has 1 rings (SSSR count). The maximum Gasteiger partial charge on any atom is 0.223 e. The number of rotatable bonds is 3. The fourth-order valence-corrected chi connectivity index (χ4v) is 0.956. The summed E-state index contributed by atoms with van der Waals surface area (Å²) in [4.78, 5) is 6.32. The molecule has 12 heavy (non-hydrogen) atoms. The van der Waals surface area contributed by atoms with Gasteiger partial charge in [-0.25, -0.2) is 0 Å². The van der Waals surface area contributed by atoms with E-state index in [0.29, 0.717) is 5.89 Å². The zero-order chi connectivity index (χ0) is 9.14. The first-order valence-electron chi connectivity index (χ1n) is 4.15. The molecule has 1 heterocycles. The van der Waals surface area contributed by atoms with Gasteiger partial charge in [-0.3, -0.25) is 4.90 Å². The number of hydrogen-bond donors (Lipinski definition) is 0. The monoisotopic (exact) mass is 169 g/mol. The van der Waals surface area contributed by atoms with Crippen LogP contribution in [-0.2, 0) is 0 Å². The summed E-state index contributed by atoms with van der Waals surface area (Å²) in [7, 11) is 2.04. The standard InChI is InChI=1S/C8H15N3O/c1-5-11(4)6(2)8-9-7(3)12-10-8/h6H,5H2,1-4H3. The van der Waals surface area contributed by atoms with Crippen molar-refractivity contribution in [3.63, 3.8) is 0 Å². The van der Waals surface area contributed by atoms with Gasteiger partial charge in [0.25, 0.3) is 0 Å². The Morgan fingerprint density at radius 3 is 2.67 bits per heavy atom. The molecule has 0 saturated carbocycles. The summed E-state index contributed by atoms with van der Waals surface area (Å²) in [6, 6.07) is 0.229. The van der Waals surface area contributed by atoms with Crippen LogP contribution in [0.25, 0.3) is 0 Å². The van der Waals surface area contributed by atoms with E-state index < -0.39 is 0 Å². The van der Waals surface area contributed by atoms with Gasteiger partial charge in [-0.2, -0.15) is 4.98 Å². The van der Waals surface area contributed by atoms with Gasteiger partial charge >= 0.3 is 0 Å². The van der Waals surface area contributed by atoms with Crippen molar-refractivity contribution >= 4 is 0 Å². The zero-order valence-corrected chi connectivity index (χ0v) is 8.03. The average Bonchev–Trinajstić information content (AvgIpc) is 2.49. The van der Waals surface area contributed by atoms with Gasteiger partial charge in [0, 0.05) is 6.92 Å². The fourth-order valence-electron chi connectivity index (χ4n) is 0.956. The SMILES string of the molecule is CCN(C)C(C)c1noc(C)n1. The molecule has 1 aromatic heterocycles. The first-order chi connectivity index (χ1) is 5.65. The molecule has 0 spiro atoms. The molecule has 1 unspecified atom stereocenters. The van der Waals surface area contributed by atoms with Crippen LogP contribution in [0.2, 0.25) is 0 Å². The van der Waals surface area contributed by atoms with E-state index in [2.05, 4.69) is 28.9 Å². The molecule has 1 aromatic rings. The van der Waals surface area contributed by atoms with E-state index in [1.807, 2.05) is 7.05 Å². The molecule has 0 radical (unpaired) electrons. The first kappa shape index (κ1) is 9.19. The lowest BCUT2D eigenvalue weighted by Crippen LogP contribution is -2.22. The van der Waals surface area contributed by atoms with Gasteiger partial charge in [0.15, 0.2) is 5.82 Å². The van der Waals surface area contributed by atoms with Crippen molar-refractivity contribution in [1.82, 2.24) is 15.0 Å². The Hall–Kier alpha value is -0.900. The van der Waals surface area contributed by atoms with E-state index in [4.69, 9.17) is 4.52 Å². The van der Waals surface area contributed by atoms with Crippen molar-refractivity contribution < 1.29 is 4.52 Å². The maximum atomic E-state index is 4.89. The van der Waals surface area contributed by atoms with E-state index in [9.17, 15) is 0 Å². The highest BCUT2D eigenvalue weighted by molar-refractivity contribution is 4.91. The average molecular weight is 169 g/mol. The second-order valence-corrected chi connectivity index (χ2v) is 2.92. The van der Waals surface area contributed by atoms with Crippen LogP contribution in [-0.4, -0.2) is 28.6 Å². The van der Waals surface area contributed by atoms with Crippen molar-refractivity contribution in [2.45, 2.75) is 26.8 Å². The molecule has 68 valence electrons. The van der Waals surface area contributed by atoms with Gasteiger partial charge in [-0.1, -0.05) is 12.1 Å². The van der Waals surface area contributed by atoms with E-state index in [-0.39, 0.29) is 6.04 Å². The molecule has 0 aromatic carbocycles. The summed E-state index contributed by atoms with van der Waals surface area (Å²) in [5.74, 6) is 1.39. The summed E-state index contributed by atoms with van der Waals surface area (Å²) in [6.07, 6.45) is 0. The van der Waals surface area contributed by atoms with E-state index in [1.54, 1.807) is 6.92 Å². The minimum absolute atomic E-state index is 0.229. The molecule has 4 nitrogen and oxygen atoms in total. The Balaban J connectivity index is 2.70. The summed E-state index contributed by atoms with van der Waals surface area (Å²) in [6.45, 7) is 6.95. The van der Waals surface area contributed by atoms with Crippen molar-refractivity contribution in [2.24, 2.45) is 0 Å². The lowest BCUT2D eigenvalue weighted by Gasteiger charge is -2.19. The molecular weight excluding hydrogens is 154 g/mol. The summed E-state index contributed by atoms with van der Waals surface area (Å²) < 4.78 is 4.89. The molecule has 1 atom stereocenters. The Kier molecular flexibility index (Phi) is 2.81. The van der Waals surface area contributed by atoms with Crippen LogP contribution in [0.5, 0.6) is 0 Å². The summed E-state index contributed by atoms with van der Waals surface area (Å²) in [5.41, 5.74) is 0. The van der Waals surface area contributed by atoms with E-state index in [1.165, 1.54) is 0 Å². The largest absolute Gasteiger partial charge is 0.340 e. The third kappa shape index (κ3) is 1.82. The molecule has 0 aliphatic heterocycles. The molecule has 4 heteroatoms. The number of hydrogen-bond acceptors (Lipinski definition) is 4. The van der Waals surface area contributed by atoms with Crippen LogP contribution in [0.3, 0.4) is 0 Å². The topological polar surface area (TPSA) is 42.2 Å². The van der Waals surface area contributed by atoms with Gasteiger partial charge in [0.2, 0.25) is 5.89 Å². The second-order valence-electron chi connectivity index (χ2n) is 2.92. The Labute approximate surface area is 72.6 Å². The fraction of sp³-hybridized carbons (Fsp3) is 0.750. The molecule has 0 saturated heterocycles. The smallest absolute Gasteiger partial charge is 0.223 e. The minimum Gasteiger partial charge on any atom is -0.340 e. The normalized spacial score (nSPS) is 13.8. The minimum atomic E-state index is 0.229. The molecular formula is C8H15N3O. The number of aromatic nitrogens is 2. The van der Waals surface area contributed by atoms with Crippen LogP contribution in [0, 0.1) is 6.92 Å². The van der Waals surface area contributed by atoms with Crippen molar-refractivity contribution in [3.05, 3.63) is 11.7 Å². The Morgan fingerprint density at radius 2 is 2.25 bits per heavy atom. The lowest BCUT2D eigenvalue weighted by molar-refractivity contribution is 0.257. The molecule has 0 amide bonds. The van der Waals surface area contributed by atoms with Gasteiger partial charge in [0.1, 0.15) is 0 Å². The highest BCUT2D eigenvalue weighted by Gasteiger charge is 2.14. The number of nitrogens with zero attached hydrogens (tertiary/aromatic N) is 3. The van der Waals surface area contributed by atoms with Crippen LogP contribution in [0.4, 0.5) is 0 Å². The third-order valence-corrected chi connectivity index (χ3v) is 2.08. The summed E-state index contributed by atoms with van der Waals surface area (Å²) >= 11 is 0. The third-order valence-electron chi connectivity index (χ3n) is 2.08. The molecule has 0 N–H and O–H groups in total. The van der Waals surface area contributed by atoms with Gasteiger partial charge in [0.05, 0.1) is 6.04 Å². The van der Waals surface area contributed by atoms with Crippen LogP contribution < -0.4 is 0 Å². The van der Waals surface area contributed by atoms with E-state index in [0.717, 1.165) is 12.4 Å². The molecule has 0 aliphatic carbocycles. The predicted octanol–water partition coefficient (Wildman–Crippen LogP) is 1.39. The quantitative estimate of drug-likeness (QED) is 0.685. The van der Waals surface area contributed by atoms with Gasteiger partial charge in [-0.15, -0.1) is 0 Å². The highest BCUT2D eigenvalue weighted by atomic mass is 16.5. The van der Waals surface area contributed by atoms with Crippen molar-refractivity contribution in [2.75, 3.05) is 13.6 Å². The van der Waals surface area contributed by atoms with Gasteiger partial charge < -0.3 is 4.52 Å². The molecule has 0 fully saturated rings. The molecule has 0 aliphatic rings. The molecule has 0 bridgehead atoms. The van der Waals surface area contributed by atoms with Crippen molar-refractivity contribution in [3.8, 4) is 0 Å². The highest BCUT2D eigenvalue weighted by Crippen LogP contribution is 2.13. The van der Waals surface area contributed by atoms with Crippen LogP contribution in [0.15, 0.2) is 4.52 Å². The first-order valence-corrected chi connectivity index (χ1v) is 4.15. The predicted molar refractivity (Wildman–Crippen MR) is 45.8 cm³/mol. The maximum absolute atomic E-state index is 4.89. The Bertz CT molecular complexity index is 246. The van der Waals surface area contributed by atoms with Gasteiger partial charge in [-0.05, 0) is 20.5 Å². The van der Waals surface area contributed by atoms with Crippen molar-refractivity contribution in [1.29, 1.82) is 0 Å². The summed E-state index contributed by atoms with van der Waals surface area (Å²) in [5, 5.41) is 3.86. The second kappa shape index (κ2) is 3.67. The van der Waals surface area contributed by atoms with Crippen LogP contribution in [0.1, 0.15) is 31.6 Å².